The number of hydrogen-bond acceptors (Lipinski definition) is 2. The molecule has 0 bridgehead atoms. The van der Waals surface area contributed by atoms with Gasteiger partial charge in [0.25, 0.3) is 0 Å². The van der Waals surface area contributed by atoms with Gasteiger partial charge in [-0.2, -0.15) is 0 Å². The molecule has 0 spiro atoms. The third kappa shape index (κ3) is 3.90. The smallest absolute Gasteiger partial charge is 0.136 e. The maximum absolute atomic E-state index is 9.26. The maximum atomic E-state index is 9.26. The molecule has 0 N–H and O–H groups in total. The van der Waals surface area contributed by atoms with Crippen LogP contribution in [0.1, 0.15) is 11.0 Å². The van der Waals surface area contributed by atoms with Crippen LogP contribution in [0.2, 0.25) is 0 Å². The highest BCUT2D eigenvalue weighted by Gasteiger charge is 2.19. The van der Waals surface area contributed by atoms with E-state index in [9.17, 15) is 5.48 Å². The van der Waals surface area contributed by atoms with E-state index in [0.29, 0.717) is 22.3 Å². The fourth-order valence-electron chi connectivity index (χ4n) is 7.75. The second-order valence-electron chi connectivity index (χ2n) is 12.6. The van der Waals surface area contributed by atoms with E-state index in [1.165, 1.54) is 0 Å². The van der Waals surface area contributed by atoms with Crippen LogP contribution in [0.4, 0.5) is 0 Å². The Morgan fingerprint density at radius 1 is 0.360 bits per heavy atom. The first kappa shape index (κ1) is 20.7. The fraction of sp³-hybridized carbons (Fsp3) is 0. The number of furan rings is 2. The van der Waals surface area contributed by atoms with E-state index < -0.39 is 24.2 Å². The Kier molecular flexibility index (Phi) is 4.31. The van der Waals surface area contributed by atoms with Crippen molar-refractivity contribution in [3.05, 3.63) is 170 Å². The Hall–Kier alpha value is -6.64. The summed E-state index contributed by atoms with van der Waals surface area (Å²) in [4.78, 5) is 0. The average molecular weight is 645 g/mol. The number of para-hydroxylation sites is 1. The van der Waals surface area contributed by atoms with Gasteiger partial charge in [0.2, 0.25) is 0 Å². The van der Waals surface area contributed by atoms with Crippen LogP contribution in [0.15, 0.2) is 179 Å². The molecule has 0 atom stereocenters. The summed E-state index contributed by atoms with van der Waals surface area (Å²) in [5.41, 5.74) is 6.78. The van der Waals surface area contributed by atoms with Crippen LogP contribution in [0.5, 0.6) is 0 Å². The lowest BCUT2D eigenvalue weighted by atomic mass is 9.85. The summed E-state index contributed by atoms with van der Waals surface area (Å²) >= 11 is 0. The van der Waals surface area contributed by atoms with E-state index in [0.717, 1.165) is 65.8 Å². The first-order chi connectivity index (χ1) is 28.1. The normalized spacial score (nSPS) is 14.2. The molecule has 2 heteroatoms. The van der Waals surface area contributed by atoms with Crippen molar-refractivity contribution in [3.63, 3.8) is 0 Å². The lowest BCUT2D eigenvalue weighted by Crippen LogP contribution is -1.91. The molecule has 2 nitrogen and oxygen atoms in total. The van der Waals surface area contributed by atoms with Crippen LogP contribution in [-0.2, 0) is 0 Å². The van der Waals surface area contributed by atoms with E-state index in [4.69, 9.17) is 14.3 Å². The summed E-state index contributed by atoms with van der Waals surface area (Å²) in [6.45, 7) is 0. The minimum absolute atomic E-state index is 0.188. The molecular weight excluding hydrogens is 609 g/mol. The molecule has 2 heterocycles. The molecule has 0 saturated heterocycles. The Morgan fingerprint density at radius 3 is 1.66 bits per heavy atom. The van der Waals surface area contributed by atoms with Gasteiger partial charge in [-0.25, -0.2) is 0 Å². The zero-order valence-corrected chi connectivity index (χ0v) is 26.4. The molecule has 0 unspecified atom stereocenters. The minimum atomic E-state index is -0.427. The predicted octanol–water partition coefficient (Wildman–Crippen LogP) is 13.9. The van der Waals surface area contributed by atoms with E-state index in [2.05, 4.69) is 18.2 Å². The van der Waals surface area contributed by atoms with Gasteiger partial charge in [0, 0.05) is 21.5 Å². The van der Waals surface area contributed by atoms with Gasteiger partial charge in [0.15, 0.2) is 0 Å². The third-order valence-electron chi connectivity index (χ3n) is 9.89. The first-order valence-electron chi connectivity index (χ1n) is 20.4. The molecule has 232 valence electrons. The Bertz CT molecular complexity index is 3530. The number of hydrogen-bond donors (Lipinski definition) is 0. The van der Waals surface area contributed by atoms with Gasteiger partial charge in [0.05, 0.1) is 11.0 Å². The number of fused-ring (bicyclic) bond motifs is 10. The molecular formula is C48H28O2. The number of rotatable bonds is 3. The predicted molar refractivity (Wildman–Crippen MR) is 210 cm³/mol. The summed E-state index contributed by atoms with van der Waals surface area (Å²) < 4.78 is 84.4. The molecule has 0 aliphatic heterocycles. The van der Waals surface area contributed by atoms with Crippen LogP contribution in [-0.4, -0.2) is 0 Å². The van der Waals surface area contributed by atoms with Gasteiger partial charge in [-0.3, -0.25) is 0 Å². The first-order valence-corrected chi connectivity index (χ1v) is 16.4. The van der Waals surface area contributed by atoms with Gasteiger partial charge in [-0.1, -0.05) is 133 Å². The summed E-state index contributed by atoms with van der Waals surface area (Å²) in [7, 11) is 0. The van der Waals surface area contributed by atoms with Gasteiger partial charge < -0.3 is 8.83 Å². The topological polar surface area (TPSA) is 26.3 Å². The molecule has 11 aromatic rings. The fourth-order valence-corrected chi connectivity index (χ4v) is 7.75. The molecule has 0 aliphatic carbocycles. The highest BCUT2D eigenvalue weighted by Crippen LogP contribution is 2.45. The van der Waals surface area contributed by atoms with Gasteiger partial charge in [-0.15, -0.1) is 0 Å². The Labute approximate surface area is 298 Å². The van der Waals surface area contributed by atoms with Crippen LogP contribution in [0, 0.1) is 0 Å². The quantitative estimate of drug-likeness (QED) is 0.179. The van der Waals surface area contributed by atoms with Crippen molar-refractivity contribution in [1.82, 2.24) is 0 Å². The molecule has 50 heavy (non-hydrogen) atoms. The minimum Gasteiger partial charge on any atom is -0.456 e. The SMILES string of the molecule is [2H]c1c([2H])c([2H])c2c(-c3ccc4c(-c5ccc6c(c5)oc5ccc7oc8ccccc8c7c56)cccc4c3)c3c([2H])c([2H])c([2H])c([2H])c3c(-c3ccccc3)c2c1[2H]. The molecule has 0 aliphatic rings. The summed E-state index contributed by atoms with van der Waals surface area (Å²) in [6, 6.07) is 36.0. The van der Waals surface area contributed by atoms with Crippen molar-refractivity contribution < 1.29 is 19.8 Å². The molecule has 2 aromatic heterocycles. The Morgan fingerprint density at radius 2 is 0.940 bits per heavy atom. The van der Waals surface area contributed by atoms with Crippen molar-refractivity contribution in [1.29, 1.82) is 0 Å². The standard InChI is InChI=1S/C48H28O2/c1-2-11-29(12-3-1)45-35-14-4-6-16-37(35)46(38-17-7-5-15-36(38)45)32-22-23-34-30(27-32)13-10-19-33(34)31-21-24-40-44(28-31)50-43-26-25-42-47(48(40)43)39-18-8-9-20-41(39)49-42/h1-28H/i4D,5D,6D,7D,14D,15D,16D,17D. The lowest BCUT2D eigenvalue weighted by Gasteiger charge is -2.18. The maximum Gasteiger partial charge on any atom is 0.136 e. The van der Waals surface area contributed by atoms with Crippen LogP contribution in [0.25, 0.3) is 110 Å². The van der Waals surface area contributed by atoms with E-state index >= 15 is 0 Å². The van der Waals surface area contributed by atoms with Crippen LogP contribution >= 0.6 is 0 Å². The van der Waals surface area contributed by atoms with E-state index in [1.807, 2.05) is 78.9 Å². The van der Waals surface area contributed by atoms with Crippen molar-refractivity contribution in [2.45, 2.75) is 0 Å². The largest absolute Gasteiger partial charge is 0.456 e. The van der Waals surface area contributed by atoms with Gasteiger partial charge in [0.1, 0.15) is 22.3 Å². The van der Waals surface area contributed by atoms with E-state index in [1.54, 1.807) is 24.3 Å². The lowest BCUT2D eigenvalue weighted by molar-refractivity contribution is 0.663. The monoisotopic (exact) mass is 644 g/mol. The highest BCUT2D eigenvalue weighted by molar-refractivity contribution is 6.26. The summed E-state index contributed by atoms with van der Waals surface area (Å²) in [5, 5.41) is 6.54. The zero-order chi connectivity index (χ0) is 39.7. The molecule has 0 radical (unpaired) electrons. The number of benzene rings is 9. The van der Waals surface area contributed by atoms with Crippen molar-refractivity contribution in [3.8, 4) is 33.4 Å². The second kappa shape index (κ2) is 10.4. The molecule has 11 rings (SSSR count). The highest BCUT2D eigenvalue weighted by atomic mass is 16.3. The van der Waals surface area contributed by atoms with Crippen molar-refractivity contribution >= 4 is 76.2 Å². The third-order valence-corrected chi connectivity index (χ3v) is 9.89. The molecule has 0 saturated carbocycles. The summed E-state index contributed by atoms with van der Waals surface area (Å²) in [6.07, 6.45) is 0. The molecule has 9 aromatic carbocycles. The average Bonchev–Trinajstić information content (AvgIpc) is 3.82. The molecule has 0 fully saturated rings. The van der Waals surface area contributed by atoms with Crippen LogP contribution in [0.3, 0.4) is 0 Å². The zero-order valence-electron chi connectivity index (χ0n) is 34.4. The van der Waals surface area contributed by atoms with Crippen molar-refractivity contribution in [2.24, 2.45) is 0 Å². The van der Waals surface area contributed by atoms with Crippen molar-refractivity contribution in [2.75, 3.05) is 0 Å². The van der Waals surface area contributed by atoms with E-state index in [-0.39, 0.29) is 45.7 Å². The second-order valence-corrected chi connectivity index (χ2v) is 12.6. The van der Waals surface area contributed by atoms with Gasteiger partial charge in [-0.05, 0) is 102 Å². The Balaban J connectivity index is 1.17. The van der Waals surface area contributed by atoms with Crippen LogP contribution < -0.4 is 0 Å². The summed E-state index contributed by atoms with van der Waals surface area (Å²) in [5.74, 6) is 0. The molecule has 0 amide bonds. The van der Waals surface area contributed by atoms with Gasteiger partial charge >= 0.3 is 0 Å².